The minimum Gasteiger partial charge on any atom is -0.394 e. The van der Waals surface area contributed by atoms with Crippen LogP contribution < -0.4 is 5.73 Å². The van der Waals surface area contributed by atoms with E-state index in [0.29, 0.717) is 26.0 Å². The fraction of sp³-hybridized carbons (Fsp3) is 0.909. The highest BCUT2D eigenvalue weighted by Gasteiger charge is 2.28. The lowest BCUT2D eigenvalue weighted by atomic mass is 10.1. The second-order valence-electron chi connectivity index (χ2n) is 4.55. The van der Waals surface area contributed by atoms with Crippen LogP contribution in [-0.4, -0.2) is 53.9 Å². The maximum absolute atomic E-state index is 11.9. The van der Waals surface area contributed by atoms with Crippen molar-refractivity contribution in [3.8, 4) is 0 Å². The van der Waals surface area contributed by atoms with Gasteiger partial charge in [0.05, 0.1) is 25.4 Å². The molecule has 0 spiro atoms. The van der Waals surface area contributed by atoms with E-state index in [1.807, 2.05) is 13.8 Å². The molecule has 0 saturated carbocycles. The summed E-state index contributed by atoms with van der Waals surface area (Å²) < 4.78 is 5.38. The van der Waals surface area contributed by atoms with Crippen LogP contribution in [0, 0.1) is 0 Å². The van der Waals surface area contributed by atoms with E-state index in [-0.39, 0.29) is 30.7 Å². The Balaban J connectivity index is 2.45. The first-order valence-corrected chi connectivity index (χ1v) is 5.82. The van der Waals surface area contributed by atoms with Crippen LogP contribution in [-0.2, 0) is 9.53 Å². The minimum absolute atomic E-state index is 0.0379. The summed E-state index contributed by atoms with van der Waals surface area (Å²) in [6.45, 7) is 4.79. The summed E-state index contributed by atoms with van der Waals surface area (Å²) in [4.78, 5) is 13.7. The number of amides is 1. The summed E-state index contributed by atoms with van der Waals surface area (Å²) >= 11 is 0. The lowest BCUT2D eigenvalue weighted by Crippen LogP contribution is -2.52. The van der Waals surface area contributed by atoms with Crippen LogP contribution in [0.1, 0.15) is 26.7 Å². The molecule has 3 N–H and O–H groups in total. The van der Waals surface area contributed by atoms with Gasteiger partial charge < -0.3 is 20.5 Å². The SMILES string of the molecule is CC(N)CCC(=O)N1CC(CO)OCC1C. The number of ether oxygens (including phenoxy) is 1. The standard InChI is InChI=1S/C11H22N2O3/c1-8(12)3-4-11(15)13-5-10(6-14)16-7-9(13)2/h8-10,14H,3-7,12H2,1-2H3. The molecule has 0 bridgehead atoms. The van der Waals surface area contributed by atoms with Gasteiger partial charge in [0.1, 0.15) is 0 Å². The van der Waals surface area contributed by atoms with Crippen LogP contribution in [0.15, 0.2) is 0 Å². The average molecular weight is 230 g/mol. The molecular weight excluding hydrogens is 208 g/mol. The molecule has 1 rings (SSSR count). The lowest BCUT2D eigenvalue weighted by Gasteiger charge is -2.37. The van der Waals surface area contributed by atoms with Gasteiger partial charge >= 0.3 is 0 Å². The molecule has 3 unspecified atom stereocenters. The van der Waals surface area contributed by atoms with E-state index in [2.05, 4.69) is 0 Å². The summed E-state index contributed by atoms with van der Waals surface area (Å²) in [5, 5.41) is 9.01. The molecule has 0 radical (unpaired) electrons. The summed E-state index contributed by atoms with van der Waals surface area (Å²) in [5.41, 5.74) is 5.62. The van der Waals surface area contributed by atoms with Gasteiger partial charge in [0.25, 0.3) is 0 Å². The number of hydrogen-bond donors (Lipinski definition) is 2. The van der Waals surface area contributed by atoms with Gasteiger partial charge in [-0.1, -0.05) is 0 Å². The zero-order valence-electron chi connectivity index (χ0n) is 10.1. The highest BCUT2D eigenvalue weighted by Crippen LogP contribution is 2.13. The van der Waals surface area contributed by atoms with Crippen molar-refractivity contribution >= 4 is 5.91 Å². The molecule has 5 heteroatoms. The Kier molecular flexibility index (Phi) is 5.18. The topological polar surface area (TPSA) is 75.8 Å². The maximum Gasteiger partial charge on any atom is 0.223 e. The molecule has 1 amide bonds. The van der Waals surface area contributed by atoms with Gasteiger partial charge in [-0.05, 0) is 20.3 Å². The van der Waals surface area contributed by atoms with E-state index in [4.69, 9.17) is 15.6 Å². The van der Waals surface area contributed by atoms with Crippen LogP contribution in [0.3, 0.4) is 0 Å². The fourth-order valence-electron chi connectivity index (χ4n) is 1.77. The molecule has 16 heavy (non-hydrogen) atoms. The first-order chi connectivity index (χ1) is 7.54. The van der Waals surface area contributed by atoms with Gasteiger partial charge in [0.2, 0.25) is 5.91 Å². The van der Waals surface area contributed by atoms with Crippen LogP contribution in [0.25, 0.3) is 0 Å². The Morgan fingerprint density at radius 1 is 1.69 bits per heavy atom. The first-order valence-electron chi connectivity index (χ1n) is 5.82. The van der Waals surface area contributed by atoms with Crippen molar-refractivity contribution in [1.82, 2.24) is 4.90 Å². The van der Waals surface area contributed by atoms with Crippen molar-refractivity contribution < 1.29 is 14.6 Å². The minimum atomic E-state index is -0.240. The van der Waals surface area contributed by atoms with Crippen molar-refractivity contribution in [2.75, 3.05) is 19.8 Å². The molecule has 1 aliphatic rings. The molecule has 1 saturated heterocycles. The molecule has 0 aromatic heterocycles. The van der Waals surface area contributed by atoms with Gasteiger partial charge in [-0.15, -0.1) is 0 Å². The van der Waals surface area contributed by atoms with Crippen LogP contribution in [0.4, 0.5) is 0 Å². The van der Waals surface area contributed by atoms with Crippen LogP contribution in [0.5, 0.6) is 0 Å². The van der Waals surface area contributed by atoms with E-state index in [9.17, 15) is 4.79 Å². The molecule has 5 nitrogen and oxygen atoms in total. The van der Waals surface area contributed by atoms with Crippen molar-refractivity contribution in [2.24, 2.45) is 5.73 Å². The Hall–Kier alpha value is -0.650. The summed E-state index contributed by atoms with van der Waals surface area (Å²) in [6, 6.07) is 0.136. The number of morpholine rings is 1. The largest absolute Gasteiger partial charge is 0.394 e. The summed E-state index contributed by atoms with van der Waals surface area (Å²) in [7, 11) is 0. The number of nitrogens with zero attached hydrogens (tertiary/aromatic N) is 1. The Morgan fingerprint density at radius 2 is 2.38 bits per heavy atom. The van der Waals surface area contributed by atoms with E-state index in [1.165, 1.54) is 0 Å². The second kappa shape index (κ2) is 6.18. The summed E-state index contributed by atoms with van der Waals surface area (Å²) in [5.74, 6) is 0.103. The maximum atomic E-state index is 11.9. The fourth-order valence-corrected chi connectivity index (χ4v) is 1.77. The Bertz CT molecular complexity index is 233. The van der Waals surface area contributed by atoms with Crippen molar-refractivity contribution in [2.45, 2.75) is 44.9 Å². The van der Waals surface area contributed by atoms with Crippen molar-refractivity contribution in [1.29, 1.82) is 0 Å². The molecule has 1 aliphatic heterocycles. The molecule has 1 heterocycles. The Morgan fingerprint density at radius 3 is 2.94 bits per heavy atom. The zero-order chi connectivity index (χ0) is 12.1. The molecule has 3 atom stereocenters. The molecule has 0 aliphatic carbocycles. The molecule has 94 valence electrons. The zero-order valence-corrected chi connectivity index (χ0v) is 10.1. The number of rotatable bonds is 4. The normalized spacial score (nSPS) is 27.9. The quantitative estimate of drug-likeness (QED) is 0.696. The number of hydrogen-bond acceptors (Lipinski definition) is 4. The third kappa shape index (κ3) is 3.73. The Labute approximate surface area is 96.6 Å². The number of aliphatic hydroxyl groups is 1. The molecule has 1 fully saturated rings. The van der Waals surface area contributed by atoms with Crippen LogP contribution in [0.2, 0.25) is 0 Å². The van der Waals surface area contributed by atoms with Gasteiger partial charge in [-0.2, -0.15) is 0 Å². The van der Waals surface area contributed by atoms with E-state index >= 15 is 0 Å². The number of aliphatic hydroxyl groups excluding tert-OH is 1. The van der Waals surface area contributed by atoms with Gasteiger partial charge in [-0.25, -0.2) is 0 Å². The third-order valence-electron chi connectivity index (χ3n) is 2.84. The number of carbonyl (C=O) groups is 1. The van der Waals surface area contributed by atoms with Crippen LogP contribution >= 0.6 is 0 Å². The highest BCUT2D eigenvalue weighted by molar-refractivity contribution is 5.76. The smallest absolute Gasteiger partial charge is 0.223 e. The van der Waals surface area contributed by atoms with Gasteiger partial charge in [0, 0.05) is 19.0 Å². The van der Waals surface area contributed by atoms with Gasteiger partial charge in [-0.3, -0.25) is 4.79 Å². The number of nitrogens with two attached hydrogens (primary N) is 1. The molecular formula is C11H22N2O3. The van der Waals surface area contributed by atoms with Crippen molar-refractivity contribution in [3.63, 3.8) is 0 Å². The van der Waals surface area contributed by atoms with E-state index in [0.717, 1.165) is 0 Å². The predicted molar refractivity (Wildman–Crippen MR) is 60.9 cm³/mol. The second-order valence-corrected chi connectivity index (χ2v) is 4.55. The average Bonchev–Trinajstić information content (AvgIpc) is 2.26. The monoisotopic (exact) mass is 230 g/mol. The van der Waals surface area contributed by atoms with E-state index in [1.54, 1.807) is 4.90 Å². The number of carbonyl (C=O) groups excluding carboxylic acids is 1. The first kappa shape index (κ1) is 13.4. The molecule has 0 aromatic carbocycles. The summed E-state index contributed by atoms with van der Waals surface area (Å²) in [6.07, 6.45) is 0.933. The third-order valence-corrected chi connectivity index (χ3v) is 2.84. The highest BCUT2D eigenvalue weighted by atomic mass is 16.5. The van der Waals surface area contributed by atoms with E-state index < -0.39 is 0 Å². The molecule has 0 aromatic rings. The predicted octanol–water partition coefficient (Wildman–Crippen LogP) is -0.278. The van der Waals surface area contributed by atoms with Crippen molar-refractivity contribution in [3.05, 3.63) is 0 Å². The van der Waals surface area contributed by atoms with Gasteiger partial charge in [0.15, 0.2) is 0 Å². The lowest BCUT2D eigenvalue weighted by molar-refractivity contribution is -0.146.